The van der Waals surface area contributed by atoms with Crippen molar-refractivity contribution in [2.24, 2.45) is 0 Å². The topological polar surface area (TPSA) is 81.1 Å². The Hall–Kier alpha value is -1.72. The van der Waals surface area contributed by atoms with Crippen LogP contribution in [0.5, 0.6) is 0 Å². The lowest BCUT2D eigenvalue weighted by atomic mass is 10.3. The number of aromatic carboxylic acids is 1. The zero-order valence-electron chi connectivity index (χ0n) is 8.39. The van der Waals surface area contributed by atoms with Gasteiger partial charge in [-0.25, -0.2) is 9.48 Å². The Morgan fingerprint density at radius 2 is 2.12 bits per heavy atom. The molecule has 0 bridgehead atoms. The van der Waals surface area contributed by atoms with E-state index in [1.54, 1.807) is 18.2 Å². The smallest absolute Gasteiger partial charge is 0.341 e. The fourth-order valence-corrected chi connectivity index (χ4v) is 1.75. The minimum absolute atomic E-state index is 0.00154. The average molecular weight is 272 g/mol. The monoisotopic (exact) mass is 271 g/mol. The van der Waals surface area contributed by atoms with Crippen molar-refractivity contribution in [1.29, 1.82) is 0 Å². The summed E-state index contributed by atoms with van der Waals surface area (Å²) in [5.41, 5.74) is 6.03. The molecule has 2 aromatic rings. The summed E-state index contributed by atoms with van der Waals surface area (Å²) in [6.07, 6.45) is 1.16. The summed E-state index contributed by atoms with van der Waals surface area (Å²) in [7, 11) is 0. The standard InChI is InChI=1S/C10H7Cl2N3O2/c11-6-2-1-3-7(8(6)12)15-9(13)5(4-14-15)10(16)17/h1-4H,13H2,(H,16,17). The second kappa shape index (κ2) is 4.27. The van der Waals surface area contributed by atoms with Crippen LogP contribution < -0.4 is 5.73 Å². The Morgan fingerprint density at radius 3 is 2.71 bits per heavy atom. The van der Waals surface area contributed by atoms with E-state index in [4.69, 9.17) is 34.0 Å². The third-order valence-corrected chi connectivity index (χ3v) is 3.01. The molecule has 0 saturated heterocycles. The van der Waals surface area contributed by atoms with Crippen molar-refractivity contribution in [2.75, 3.05) is 5.73 Å². The lowest BCUT2D eigenvalue weighted by molar-refractivity contribution is 0.0698. The predicted molar refractivity (Wildman–Crippen MR) is 65.0 cm³/mol. The first-order valence-corrected chi connectivity index (χ1v) is 5.29. The van der Waals surface area contributed by atoms with E-state index >= 15 is 0 Å². The Labute approximate surface area is 106 Å². The fraction of sp³-hybridized carbons (Fsp3) is 0. The number of hydrogen-bond donors (Lipinski definition) is 2. The number of carboxylic acids is 1. The van der Waals surface area contributed by atoms with Gasteiger partial charge in [-0.1, -0.05) is 29.3 Å². The summed E-state index contributed by atoms with van der Waals surface area (Å²) < 4.78 is 1.23. The van der Waals surface area contributed by atoms with Gasteiger partial charge in [0, 0.05) is 0 Å². The number of nitrogen functional groups attached to an aromatic ring is 1. The molecule has 0 atom stereocenters. The summed E-state index contributed by atoms with van der Waals surface area (Å²) in [6, 6.07) is 4.93. The summed E-state index contributed by atoms with van der Waals surface area (Å²) >= 11 is 11.8. The van der Waals surface area contributed by atoms with Gasteiger partial charge in [0.25, 0.3) is 0 Å². The number of anilines is 1. The number of benzene rings is 1. The number of carboxylic acid groups (broad SMARTS) is 1. The Kier molecular flexibility index (Phi) is 2.95. The van der Waals surface area contributed by atoms with Crippen LogP contribution in [-0.2, 0) is 0 Å². The second-order valence-corrected chi connectivity index (χ2v) is 4.02. The lowest BCUT2D eigenvalue weighted by Crippen LogP contribution is -2.06. The zero-order chi connectivity index (χ0) is 12.6. The minimum atomic E-state index is -1.15. The molecule has 0 aliphatic carbocycles. The number of aromatic nitrogens is 2. The van der Waals surface area contributed by atoms with Crippen molar-refractivity contribution in [2.45, 2.75) is 0 Å². The molecule has 0 unspecified atom stereocenters. The molecule has 0 aliphatic heterocycles. The molecule has 1 heterocycles. The van der Waals surface area contributed by atoms with Crippen molar-refractivity contribution in [3.8, 4) is 5.69 Å². The minimum Gasteiger partial charge on any atom is -0.477 e. The van der Waals surface area contributed by atoms with E-state index in [1.165, 1.54) is 4.68 Å². The quantitative estimate of drug-likeness (QED) is 0.879. The predicted octanol–water partition coefficient (Wildman–Crippen LogP) is 2.46. The van der Waals surface area contributed by atoms with Crippen LogP contribution in [0.15, 0.2) is 24.4 Å². The van der Waals surface area contributed by atoms with Crippen LogP contribution >= 0.6 is 23.2 Å². The van der Waals surface area contributed by atoms with Crippen molar-refractivity contribution in [3.63, 3.8) is 0 Å². The number of rotatable bonds is 2. The molecule has 0 fully saturated rings. The van der Waals surface area contributed by atoms with E-state index < -0.39 is 5.97 Å². The van der Waals surface area contributed by atoms with Gasteiger partial charge < -0.3 is 10.8 Å². The maximum atomic E-state index is 10.8. The highest BCUT2D eigenvalue weighted by Gasteiger charge is 2.17. The number of hydrogen-bond acceptors (Lipinski definition) is 3. The summed E-state index contributed by atoms with van der Waals surface area (Å²) in [5, 5.41) is 13.3. The molecule has 3 N–H and O–H groups in total. The average Bonchev–Trinajstić information content (AvgIpc) is 2.64. The highest BCUT2D eigenvalue weighted by Crippen LogP contribution is 2.30. The first-order chi connectivity index (χ1) is 8.02. The molecule has 0 radical (unpaired) electrons. The van der Waals surface area contributed by atoms with Gasteiger partial charge in [-0.3, -0.25) is 0 Å². The van der Waals surface area contributed by atoms with E-state index in [-0.39, 0.29) is 16.4 Å². The van der Waals surface area contributed by atoms with Gasteiger partial charge in [-0.05, 0) is 12.1 Å². The fourth-order valence-electron chi connectivity index (χ4n) is 1.37. The third-order valence-electron chi connectivity index (χ3n) is 2.20. The molecule has 17 heavy (non-hydrogen) atoms. The molecule has 0 aliphatic rings. The first-order valence-electron chi connectivity index (χ1n) is 4.53. The molecular weight excluding hydrogens is 265 g/mol. The van der Waals surface area contributed by atoms with E-state index in [0.717, 1.165) is 6.20 Å². The lowest BCUT2D eigenvalue weighted by Gasteiger charge is -2.07. The SMILES string of the molecule is Nc1c(C(=O)O)cnn1-c1cccc(Cl)c1Cl. The van der Waals surface area contributed by atoms with E-state index in [2.05, 4.69) is 5.10 Å². The Morgan fingerprint density at radius 1 is 1.41 bits per heavy atom. The zero-order valence-corrected chi connectivity index (χ0v) is 9.90. The Bertz CT molecular complexity index is 595. The molecule has 1 aromatic heterocycles. The van der Waals surface area contributed by atoms with Crippen molar-refractivity contribution in [1.82, 2.24) is 9.78 Å². The van der Waals surface area contributed by atoms with Gasteiger partial charge in [0.05, 0.1) is 21.9 Å². The van der Waals surface area contributed by atoms with Gasteiger partial charge in [-0.2, -0.15) is 5.10 Å². The van der Waals surface area contributed by atoms with Gasteiger partial charge in [0.2, 0.25) is 0 Å². The molecule has 1 aromatic carbocycles. The molecule has 7 heteroatoms. The number of nitrogens with two attached hydrogens (primary N) is 1. The van der Waals surface area contributed by atoms with Gasteiger partial charge in [0.15, 0.2) is 0 Å². The first kappa shape index (κ1) is 11.8. The molecule has 0 amide bonds. The number of nitrogens with zero attached hydrogens (tertiary/aromatic N) is 2. The molecule has 88 valence electrons. The van der Waals surface area contributed by atoms with Crippen molar-refractivity contribution < 1.29 is 9.90 Å². The second-order valence-electron chi connectivity index (χ2n) is 3.23. The van der Waals surface area contributed by atoms with Gasteiger partial charge >= 0.3 is 5.97 Å². The summed E-state index contributed by atoms with van der Waals surface area (Å²) in [4.78, 5) is 10.8. The largest absolute Gasteiger partial charge is 0.477 e. The van der Waals surface area contributed by atoms with Crippen LogP contribution in [-0.4, -0.2) is 20.9 Å². The van der Waals surface area contributed by atoms with E-state index in [0.29, 0.717) is 10.7 Å². The highest BCUT2D eigenvalue weighted by atomic mass is 35.5. The molecule has 5 nitrogen and oxygen atoms in total. The summed E-state index contributed by atoms with van der Waals surface area (Å²) in [5.74, 6) is -1.14. The number of carbonyl (C=O) groups is 1. The van der Waals surface area contributed by atoms with Crippen LogP contribution in [0.4, 0.5) is 5.82 Å². The van der Waals surface area contributed by atoms with Crippen LogP contribution in [0.1, 0.15) is 10.4 Å². The molecule has 2 rings (SSSR count). The maximum Gasteiger partial charge on any atom is 0.341 e. The maximum absolute atomic E-state index is 10.8. The van der Waals surface area contributed by atoms with Gasteiger partial charge in [0.1, 0.15) is 11.4 Å². The van der Waals surface area contributed by atoms with E-state index in [9.17, 15) is 4.79 Å². The van der Waals surface area contributed by atoms with Crippen LogP contribution in [0.2, 0.25) is 10.0 Å². The summed E-state index contributed by atoms with van der Waals surface area (Å²) in [6.45, 7) is 0. The highest BCUT2D eigenvalue weighted by molar-refractivity contribution is 6.43. The molecule has 0 saturated carbocycles. The van der Waals surface area contributed by atoms with Gasteiger partial charge in [-0.15, -0.1) is 0 Å². The van der Waals surface area contributed by atoms with Crippen LogP contribution in [0.25, 0.3) is 5.69 Å². The van der Waals surface area contributed by atoms with Crippen molar-refractivity contribution in [3.05, 3.63) is 40.0 Å². The Balaban J connectivity index is 2.62. The van der Waals surface area contributed by atoms with Crippen LogP contribution in [0, 0.1) is 0 Å². The normalized spacial score (nSPS) is 10.5. The van der Waals surface area contributed by atoms with Crippen molar-refractivity contribution >= 4 is 35.0 Å². The third kappa shape index (κ3) is 1.94. The van der Waals surface area contributed by atoms with Crippen LogP contribution in [0.3, 0.4) is 0 Å². The number of halogens is 2. The molecule has 0 spiro atoms. The van der Waals surface area contributed by atoms with E-state index in [1.807, 2.05) is 0 Å². The molecular formula is C10H7Cl2N3O2.